The molecule has 4 rings (SSSR count). The van der Waals surface area contributed by atoms with E-state index in [1.165, 1.54) is 29.0 Å². The van der Waals surface area contributed by atoms with Gasteiger partial charge in [0.05, 0.1) is 45.1 Å². The first kappa shape index (κ1) is 21.6. The van der Waals surface area contributed by atoms with Gasteiger partial charge in [0, 0.05) is 12.1 Å². The van der Waals surface area contributed by atoms with Crippen molar-refractivity contribution in [3.05, 3.63) is 92.1 Å². The van der Waals surface area contributed by atoms with E-state index in [9.17, 15) is 19.7 Å². The molecule has 2 aromatic carbocycles. The van der Waals surface area contributed by atoms with Crippen molar-refractivity contribution < 1.29 is 14.1 Å². The highest BCUT2D eigenvalue weighted by Crippen LogP contribution is 2.27. The number of furan rings is 1. The molecule has 1 amide bonds. The van der Waals surface area contributed by atoms with Gasteiger partial charge in [-0.05, 0) is 30.3 Å². The zero-order chi connectivity index (χ0) is 22.7. The quantitative estimate of drug-likeness (QED) is 0.185. The van der Waals surface area contributed by atoms with Crippen molar-refractivity contribution in [2.24, 2.45) is 0 Å². The molecule has 32 heavy (non-hydrogen) atoms. The minimum absolute atomic E-state index is 0.0953. The number of amides is 1. The molecule has 11 heteroatoms. The van der Waals surface area contributed by atoms with E-state index in [0.717, 1.165) is 11.8 Å². The Balaban J connectivity index is 1.58. The largest absolute Gasteiger partial charge is 0.467 e. The molecule has 9 nitrogen and oxygen atoms in total. The Kier molecular flexibility index (Phi) is 6.24. The van der Waals surface area contributed by atoms with Crippen LogP contribution in [0.15, 0.2) is 75.2 Å². The van der Waals surface area contributed by atoms with Crippen molar-refractivity contribution in [3.63, 3.8) is 0 Å². The van der Waals surface area contributed by atoms with Gasteiger partial charge in [-0.3, -0.25) is 24.3 Å². The summed E-state index contributed by atoms with van der Waals surface area (Å²) in [6.07, 6.45) is 1.51. The molecule has 0 atom stereocenters. The van der Waals surface area contributed by atoms with Gasteiger partial charge in [-0.25, -0.2) is 4.98 Å². The number of halogens is 1. The number of para-hydroxylation sites is 1. The van der Waals surface area contributed by atoms with Gasteiger partial charge in [0.25, 0.3) is 11.2 Å². The second kappa shape index (κ2) is 9.25. The lowest BCUT2D eigenvalue weighted by atomic mass is 10.2. The number of non-ortho nitro benzene ring substituents is 1. The third kappa shape index (κ3) is 4.66. The highest BCUT2D eigenvalue weighted by Gasteiger charge is 2.16. The van der Waals surface area contributed by atoms with Gasteiger partial charge in [0.1, 0.15) is 5.76 Å². The van der Waals surface area contributed by atoms with E-state index in [-0.39, 0.29) is 34.3 Å². The van der Waals surface area contributed by atoms with E-state index in [4.69, 9.17) is 16.0 Å². The first-order valence-electron chi connectivity index (χ1n) is 9.31. The van der Waals surface area contributed by atoms with Crippen LogP contribution in [-0.2, 0) is 11.3 Å². The lowest BCUT2D eigenvalue weighted by Gasteiger charge is -2.12. The molecule has 0 fully saturated rings. The van der Waals surface area contributed by atoms with Crippen LogP contribution in [0.2, 0.25) is 5.02 Å². The van der Waals surface area contributed by atoms with Crippen molar-refractivity contribution >= 4 is 51.5 Å². The first-order valence-corrected chi connectivity index (χ1v) is 10.7. The molecule has 0 aliphatic rings. The molecule has 0 unspecified atom stereocenters. The Labute approximate surface area is 190 Å². The highest BCUT2D eigenvalue weighted by atomic mass is 35.5. The Morgan fingerprint density at radius 3 is 2.78 bits per heavy atom. The number of fused-ring (bicyclic) bond motifs is 1. The summed E-state index contributed by atoms with van der Waals surface area (Å²) in [5.74, 6) is 0.0188. The van der Waals surface area contributed by atoms with Crippen LogP contribution in [0.25, 0.3) is 10.9 Å². The molecule has 162 valence electrons. The predicted octanol–water partition coefficient (Wildman–Crippen LogP) is 4.33. The fraction of sp³-hybridized carbons (Fsp3) is 0.0952. The summed E-state index contributed by atoms with van der Waals surface area (Å²) in [5, 5.41) is 14.5. The summed E-state index contributed by atoms with van der Waals surface area (Å²) in [6, 6.07) is 14.2. The maximum Gasteiger partial charge on any atom is 0.271 e. The number of nitro benzene ring substituents is 1. The number of hydrogen-bond acceptors (Lipinski definition) is 7. The number of thioether (sulfide) groups is 1. The number of rotatable bonds is 7. The number of nitro groups is 1. The van der Waals surface area contributed by atoms with Gasteiger partial charge >= 0.3 is 0 Å². The van der Waals surface area contributed by atoms with Crippen molar-refractivity contribution in [2.45, 2.75) is 11.7 Å². The molecule has 4 aromatic rings. The molecular formula is C21H15ClN4O5S. The average Bonchev–Trinajstić information content (AvgIpc) is 3.29. The fourth-order valence-electron chi connectivity index (χ4n) is 2.99. The molecule has 0 radical (unpaired) electrons. The Bertz CT molecular complexity index is 1370. The van der Waals surface area contributed by atoms with Crippen molar-refractivity contribution in [3.8, 4) is 0 Å². The molecule has 2 heterocycles. The molecule has 0 saturated heterocycles. The SMILES string of the molecule is O=C(CSc1nc2ccccc2c(=O)n1Cc1ccco1)Nc1cc([N+](=O)[O-])ccc1Cl. The average molecular weight is 471 g/mol. The van der Waals surface area contributed by atoms with Crippen molar-refractivity contribution in [1.82, 2.24) is 9.55 Å². The maximum atomic E-state index is 13.0. The van der Waals surface area contributed by atoms with Crippen LogP contribution in [0.1, 0.15) is 5.76 Å². The van der Waals surface area contributed by atoms with E-state index < -0.39 is 10.8 Å². The van der Waals surface area contributed by atoms with Gasteiger partial charge in [-0.2, -0.15) is 0 Å². The molecule has 0 aliphatic carbocycles. The number of nitrogens with zero attached hydrogens (tertiary/aromatic N) is 3. The summed E-state index contributed by atoms with van der Waals surface area (Å²) >= 11 is 7.10. The van der Waals surface area contributed by atoms with Crippen LogP contribution in [0.5, 0.6) is 0 Å². The normalized spacial score (nSPS) is 10.9. The molecule has 2 aromatic heterocycles. The first-order chi connectivity index (χ1) is 15.4. The van der Waals surface area contributed by atoms with Crippen LogP contribution in [-0.4, -0.2) is 26.1 Å². The number of aromatic nitrogens is 2. The third-order valence-electron chi connectivity index (χ3n) is 4.49. The van der Waals surface area contributed by atoms with Crippen LogP contribution < -0.4 is 10.9 Å². The van der Waals surface area contributed by atoms with Gasteiger partial charge in [-0.15, -0.1) is 0 Å². The zero-order valence-corrected chi connectivity index (χ0v) is 17.9. The van der Waals surface area contributed by atoms with Crippen molar-refractivity contribution in [1.29, 1.82) is 0 Å². The second-order valence-corrected chi connectivity index (χ2v) is 7.99. The Morgan fingerprint density at radius 1 is 1.22 bits per heavy atom. The Morgan fingerprint density at radius 2 is 2.03 bits per heavy atom. The monoisotopic (exact) mass is 470 g/mol. The number of carbonyl (C=O) groups is 1. The number of hydrogen-bond donors (Lipinski definition) is 1. The topological polar surface area (TPSA) is 120 Å². The lowest BCUT2D eigenvalue weighted by Crippen LogP contribution is -2.24. The van der Waals surface area contributed by atoms with Gasteiger partial charge < -0.3 is 9.73 Å². The van der Waals surface area contributed by atoms with Crippen LogP contribution >= 0.6 is 23.4 Å². The second-order valence-electron chi connectivity index (χ2n) is 6.64. The summed E-state index contributed by atoms with van der Waals surface area (Å²) in [7, 11) is 0. The van der Waals surface area contributed by atoms with Crippen molar-refractivity contribution in [2.75, 3.05) is 11.1 Å². The van der Waals surface area contributed by atoms with Crippen LogP contribution in [0, 0.1) is 10.1 Å². The van der Waals surface area contributed by atoms with E-state index >= 15 is 0 Å². The minimum atomic E-state index is -0.576. The fourth-order valence-corrected chi connectivity index (χ4v) is 3.96. The summed E-state index contributed by atoms with van der Waals surface area (Å²) in [5.41, 5.74) is 0.196. The molecular weight excluding hydrogens is 456 g/mol. The number of anilines is 1. The number of benzene rings is 2. The van der Waals surface area contributed by atoms with Gasteiger partial charge in [-0.1, -0.05) is 35.5 Å². The molecule has 0 bridgehead atoms. The smallest absolute Gasteiger partial charge is 0.271 e. The predicted molar refractivity (Wildman–Crippen MR) is 121 cm³/mol. The van der Waals surface area contributed by atoms with E-state index in [1.807, 2.05) is 0 Å². The zero-order valence-electron chi connectivity index (χ0n) is 16.4. The van der Waals surface area contributed by atoms with E-state index in [2.05, 4.69) is 10.3 Å². The van der Waals surface area contributed by atoms with E-state index in [0.29, 0.717) is 21.8 Å². The van der Waals surface area contributed by atoms with Gasteiger partial charge in [0.2, 0.25) is 5.91 Å². The molecule has 0 aliphatic heterocycles. The van der Waals surface area contributed by atoms with E-state index in [1.54, 1.807) is 36.4 Å². The minimum Gasteiger partial charge on any atom is -0.467 e. The summed E-state index contributed by atoms with van der Waals surface area (Å²) in [6.45, 7) is 0.157. The third-order valence-corrected chi connectivity index (χ3v) is 5.79. The highest BCUT2D eigenvalue weighted by molar-refractivity contribution is 7.99. The van der Waals surface area contributed by atoms with Crippen LogP contribution in [0.4, 0.5) is 11.4 Å². The standard InChI is InChI=1S/C21H15ClN4O5S/c22-16-8-7-13(26(29)30)10-18(16)23-19(27)12-32-21-24-17-6-2-1-5-15(17)20(28)25(21)11-14-4-3-9-31-14/h1-10H,11-12H2,(H,23,27). The van der Waals surface area contributed by atoms with Gasteiger partial charge in [0.15, 0.2) is 5.16 Å². The molecule has 0 saturated carbocycles. The summed E-state index contributed by atoms with van der Waals surface area (Å²) in [4.78, 5) is 40.5. The molecule has 1 N–H and O–H groups in total. The number of nitrogens with one attached hydrogen (secondary N) is 1. The van der Waals surface area contributed by atoms with Crippen LogP contribution in [0.3, 0.4) is 0 Å². The maximum absolute atomic E-state index is 13.0. The summed E-state index contributed by atoms with van der Waals surface area (Å²) < 4.78 is 6.81. The number of carbonyl (C=O) groups excluding carboxylic acids is 1. The lowest BCUT2D eigenvalue weighted by molar-refractivity contribution is -0.384. The molecule has 0 spiro atoms. The Hall–Kier alpha value is -3.63.